The van der Waals surface area contributed by atoms with Crippen molar-refractivity contribution in [2.45, 2.75) is 61.6 Å². The summed E-state index contributed by atoms with van der Waals surface area (Å²) in [7, 11) is -3.53. The second kappa shape index (κ2) is 9.91. The van der Waals surface area contributed by atoms with Crippen molar-refractivity contribution >= 4 is 15.7 Å². The first-order valence-corrected chi connectivity index (χ1v) is 12.8. The second-order valence-corrected chi connectivity index (χ2v) is 10.4. The molecule has 1 saturated carbocycles. The van der Waals surface area contributed by atoms with Crippen LogP contribution in [0.3, 0.4) is 0 Å². The molecule has 0 spiro atoms. The third kappa shape index (κ3) is 5.71. The molecule has 31 heavy (non-hydrogen) atoms. The van der Waals surface area contributed by atoms with Gasteiger partial charge in [-0.3, -0.25) is 9.69 Å². The third-order valence-electron chi connectivity index (χ3n) is 6.24. The molecule has 0 unspecified atom stereocenters. The zero-order chi connectivity index (χ0) is 21.7. The lowest BCUT2D eigenvalue weighted by atomic mass is 9.94. The minimum atomic E-state index is -3.53. The molecule has 1 aromatic carbocycles. The maximum atomic E-state index is 12.6. The van der Waals surface area contributed by atoms with E-state index in [1.54, 1.807) is 30.3 Å². The zero-order valence-electron chi connectivity index (χ0n) is 17.8. The molecule has 2 fully saturated rings. The Morgan fingerprint density at radius 3 is 2.45 bits per heavy atom. The summed E-state index contributed by atoms with van der Waals surface area (Å²) in [5, 5.41) is 3.78. The normalized spacial score (nSPS) is 18.9. The van der Waals surface area contributed by atoms with Crippen LogP contribution >= 0.6 is 0 Å². The van der Waals surface area contributed by atoms with Crippen LogP contribution in [0.15, 0.2) is 39.8 Å². The first kappa shape index (κ1) is 22.0. The first-order chi connectivity index (χ1) is 15.0. The first-order valence-electron chi connectivity index (χ1n) is 11.1. The van der Waals surface area contributed by atoms with Crippen molar-refractivity contribution < 1.29 is 17.7 Å². The Morgan fingerprint density at radius 1 is 1.03 bits per heavy atom. The molecule has 1 amide bonds. The molecule has 168 valence electrons. The van der Waals surface area contributed by atoms with E-state index in [2.05, 4.69) is 15.0 Å². The molecule has 2 aliphatic rings. The summed E-state index contributed by atoms with van der Waals surface area (Å²) < 4.78 is 30.1. The van der Waals surface area contributed by atoms with Crippen molar-refractivity contribution in [3.05, 3.63) is 42.0 Å². The van der Waals surface area contributed by atoms with Crippen molar-refractivity contribution in [3.63, 3.8) is 0 Å². The fourth-order valence-corrected chi connectivity index (χ4v) is 5.68. The van der Waals surface area contributed by atoms with Crippen LogP contribution in [0, 0.1) is 0 Å². The number of carbonyl (C=O) groups excluding carboxylic acids is 1. The largest absolute Gasteiger partial charge is 0.340 e. The van der Waals surface area contributed by atoms with Crippen LogP contribution in [-0.4, -0.2) is 66.5 Å². The Labute approximate surface area is 183 Å². The van der Waals surface area contributed by atoms with Gasteiger partial charge in [0.05, 0.1) is 4.90 Å². The molecule has 0 N–H and O–H groups in total. The van der Waals surface area contributed by atoms with Gasteiger partial charge >= 0.3 is 0 Å². The van der Waals surface area contributed by atoms with Gasteiger partial charge in [0, 0.05) is 45.1 Å². The summed E-state index contributed by atoms with van der Waals surface area (Å²) in [5.41, 5.74) is 0. The lowest BCUT2D eigenvalue weighted by Gasteiger charge is -2.40. The summed E-state index contributed by atoms with van der Waals surface area (Å²) in [6.07, 6.45) is 7.17. The number of aryl methyl sites for hydroxylation is 1. The molecule has 1 aliphatic carbocycles. The number of nitrogens with zero attached hydrogens (tertiary/aromatic N) is 4. The Hall–Kier alpha value is -2.26. The van der Waals surface area contributed by atoms with Crippen LogP contribution in [0.2, 0.25) is 0 Å². The number of sulfone groups is 1. The molecule has 1 aromatic heterocycles. The van der Waals surface area contributed by atoms with Crippen molar-refractivity contribution in [1.82, 2.24) is 19.9 Å². The lowest BCUT2D eigenvalue weighted by Crippen LogP contribution is -2.52. The molecule has 8 nitrogen and oxygen atoms in total. The highest BCUT2D eigenvalue weighted by atomic mass is 32.2. The molecule has 1 saturated heterocycles. The van der Waals surface area contributed by atoms with Gasteiger partial charge in [-0.15, -0.1) is 0 Å². The Kier molecular flexibility index (Phi) is 7.02. The standard InChI is InChI=1S/C22H30N4O4S/c27-22(26-15-13-25(14-16-26)18-7-3-1-4-8-18)12-11-21-23-20(24-30-21)17-31(28,29)19-9-5-2-6-10-19/h2,5-6,9-10,18H,1,3-4,7-8,11-17H2. The summed E-state index contributed by atoms with van der Waals surface area (Å²) in [4.78, 5) is 21.5. The van der Waals surface area contributed by atoms with E-state index >= 15 is 0 Å². The Morgan fingerprint density at radius 2 is 1.74 bits per heavy atom. The van der Waals surface area contributed by atoms with Crippen LogP contribution < -0.4 is 0 Å². The van der Waals surface area contributed by atoms with Gasteiger partial charge < -0.3 is 9.42 Å². The summed E-state index contributed by atoms with van der Waals surface area (Å²) in [6.45, 7) is 3.41. The van der Waals surface area contributed by atoms with E-state index in [9.17, 15) is 13.2 Å². The molecule has 9 heteroatoms. The van der Waals surface area contributed by atoms with E-state index < -0.39 is 9.84 Å². The predicted octanol–water partition coefficient (Wildman–Crippen LogP) is 2.45. The van der Waals surface area contributed by atoms with Crippen molar-refractivity contribution in [3.8, 4) is 0 Å². The van der Waals surface area contributed by atoms with Gasteiger partial charge in [-0.25, -0.2) is 8.42 Å². The van der Waals surface area contributed by atoms with Crippen molar-refractivity contribution in [2.24, 2.45) is 0 Å². The highest BCUT2D eigenvalue weighted by Crippen LogP contribution is 2.23. The van der Waals surface area contributed by atoms with Crippen molar-refractivity contribution in [2.75, 3.05) is 26.2 Å². The topological polar surface area (TPSA) is 96.6 Å². The van der Waals surface area contributed by atoms with Crippen LogP contribution in [0.25, 0.3) is 0 Å². The predicted molar refractivity (Wildman–Crippen MR) is 115 cm³/mol. The van der Waals surface area contributed by atoms with E-state index in [1.807, 2.05) is 4.90 Å². The van der Waals surface area contributed by atoms with E-state index in [-0.39, 0.29) is 28.8 Å². The lowest BCUT2D eigenvalue weighted by molar-refractivity contribution is -0.133. The number of amides is 1. The van der Waals surface area contributed by atoms with E-state index in [4.69, 9.17) is 4.52 Å². The van der Waals surface area contributed by atoms with Gasteiger partial charge in [-0.1, -0.05) is 42.6 Å². The molecule has 2 heterocycles. The molecular formula is C22H30N4O4S. The number of piperazine rings is 1. The number of rotatable bonds is 7. The minimum absolute atomic E-state index is 0.0833. The monoisotopic (exact) mass is 446 g/mol. The molecule has 2 aromatic rings. The molecule has 0 atom stereocenters. The van der Waals surface area contributed by atoms with Gasteiger partial charge in [0.1, 0.15) is 5.75 Å². The summed E-state index contributed by atoms with van der Waals surface area (Å²) >= 11 is 0. The number of hydrogen-bond acceptors (Lipinski definition) is 7. The fourth-order valence-electron chi connectivity index (χ4n) is 4.49. The minimum Gasteiger partial charge on any atom is -0.340 e. The van der Waals surface area contributed by atoms with Crippen LogP contribution in [-0.2, 0) is 26.8 Å². The molecule has 4 rings (SSSR count). The molecule has 0 radical (unpaired) electrons. The molecular weight excluding hydrogens is 416 g/mol. The van der Waals surface area contributed by atoms with Gasteiger partial charge in [0.15, 0.2) is 15.7 Å². The SMILES string of the molecule is O=C(CCc1nc(CS(=O)(=O)c2ccccc2)no1)N1CCN(C2CCCCC2)CC1. The quantitative estimate of drug-likeness (QED) is 0.644. The summed E-state index contributed by atoms with van der Waals surface area (Å²) in [6, 6.07) is 8.89. The van der Waals surface area contributed by atoms with Gasteiger partial charge in [-0.2, -0.15) is 4.98 Å². The average Bonchev–Trinajstić information content (AvgIpc) is 3.25. The Balaban J connectivity index is 1.24. The summed E-state index contributed by atoms with van der Waals surface area (Å²) in [5.74, 6) is 0.178. The third-order valence-corrected chi connectivity index (χ3v) is 7.87. The average molecular weight is 447 g/mol. The fraction of sp³-hybridized carbons (Fsp3) is 0.591. The van der Waals surface area contributed by atoms with Gasteiger partial charge in [0.2, 0.25) is 11.8 Å². The number of benzene rings is 1. The maximum Gasteiger partial charge on any atom is 0.227 e. The number of aromatic nitrogens is 2. The van der Waals surface area contributed by atoms with E-state index in [0.29, 0.717) is 18.4 Å². The van der Waals surface area contributed by atoms with Crippen LogP contribution in [0.5, 0.6) is 0 Å². The smallest absolute Gasteiger partial charge is 0.227 e. The Bertz CT molecular complexity index is 962. The van der Waals surface area contributed by atoms with E-state index in [0.717, 1.165) is 26.2 Å². The maximum absolute atomic E-state index is 12.6. The highest BCUT2D eigenvalue weighted by Gasteiger charge is 2.27. The van der Waals surface area contributed by atoms with Crippen molar-refractivity contribution in [1.29, 1.82) is 0 Å². The highest BCUT2D eigenvalue weighted by molar-refractivity contribution is 7.90. The number of carbonyl (C=O) groups is 1. The number of hydrogen-bond donors (Lipinski definition) is 0. The second-order valence-electron chi connectivity index (χ2n) is 8.39. The van der Waals surface area contributed by atoms with E-state index in [1.165, 1.54) is 32.1 Å². The van der Waals surface area contributed by atoms with Crippen LogP contribution in [0.4, 0.5) is 0 Å². The van der Waals surface area contributed by atoms with Crippen LogP contribution in [0.1, 0.15) is 50.2 Å². The molecule has 1 aliphatic heterocycles. The zero-order valence-corrected chi connectivity index (χ0v) is 18.6. The van der Waals surface area contributed by atoms with Gasteiger partial charge in [-0.05, 0) is 25.0 Å². The van der Waals surface area contributed by atoms with Gasteiger partial charge in [0.25, 0.3) is 0 Å². The molecule has 0 bridgehead atoms.